The molecule has 1 aromatic carbocycles. The summed E-state index contributed by atoms with van der Waals surface area (Å²) in [5.74, 6) is 0.520. The van der Waals surface area contributed by atoms with Crippen molar-refractivity contribution in [2.75, 3.05) is 18.0 Å². The molecule has 3 heteroatoms. The summed E-state index contributed by atoms with van der Waals surface area (Å²) >= 11 is 0. The first-order valence-corrected chi connectivity index (χ1v) is 7.26. The lowest BCUT2D eigenvalue weighted by atomic mass is 9.85. The lowest BCUT2D eigenvalue weighted by Crippen LogP contribution is -2.33. The zero-order valence-electron chi connectivity index (χ0n) is 12.1. The maximum atomic E-state index is 13.7. The highest BCUT2D eigenvalue weighted by Gasteiger charge is 2.23. The third-order valence-corrected chi connectivity index (χ3v) is 4.18. The fourth-order valence-corrected chi connectivity index (χ4v) is 2.67. The number of aliphatic hydroxyl groups is 1. The molecule has 1 aliphatic rings. The fraction of sp³-hybridized carbons (Fsp3) is 0.625. The van der Waals surface area contributed by atoms with Crippen LogP contribution in [-0.4, -0.2) is 18.2 Å². The first-order chi connectivity index (χ1) is 9.02. The molecule has 0 spiro atoms. The fourth-order valence-electron chi connectivity index (χ4n) is 2.67. The van der Waals surface area contributed by atoms with E-state index in [9.17, 15) is 9.50 Å². The zero-order chi connectivity index (χ0) is 14.0. The van der Waals surface area contributed by atoms with Crippen molar-refractivity contribution in [1.29, 1.82) is 0 Å². The van der Waals surface area contributed by atoms with Gasteiger partial charge in [-0.05, 0) is 57.2 Å². The molecule has 0 heterocycles. The molecule has 0 aromatic heterocycles. The van der Waals surface area contributed by atoms with Crippen LogP contribution in [0.4, 0.5) is 10.1 Å². The molecule has 1 aromatic rings. The molecule has 0 bridgehead atoms. The number of halogens is 1. The number of anilines is 1. The van der Waals surface area contributed by atoms with Crippen molar-refractivity contribution in [2.45, 2.75) is 46.1 Å². The number of nitrogens with zero attached hydrogens (tertiary/aromatic N) is 1. The van der Waals surface area contributed by atoms with Crippen molar-refractivity contribution >= 4 is 5.69 Å². The number of hydrogen-bond acceptors (Lipinski definition) is 2. The maximum absolute atomic E-state index is 13.7. The van der Waals surface area contributed by atoms with Crippen molar-refractivity contribution in [3.05, 3.63) is 29.1 Å². The van der Waals surface area contributed by atoms with E-state index in [0.29, 0.717) is 11.1 Å². The summed E-state index contributed by atoms with van der Waals surface area (Å²) in [7, 11) is 0. The van der Waals surface area contributed by atoms with Gasteiger partial charge in [0.1, 0.15) is 5.82 Å². The van der Waals surface area contributed by atoms with Crippen LogP contribution in [0.5, 0.6) is 0 Å². The number of hydrogen-bond donors (Lipinski definition) is 1. The summed E-state index contributed by atoms with van der Waals surface area (Å²) in [6, 6.07) is 3.36. The second-order valence-electron chi connectivity index (χ2n) is 5.67. The third-order valence-electron chi connectivity index (χ3n) is 4.18. The number of benzene rings is 1. The molecule has 0 aliphatic heterocycles. The van der Waals surface area contributed by atoms with Crippen molar-refractivity contribution in [3.63, 3.8) is 0 Å². The highest BCUT2D eigenvalue weighted by Crippen LogP contribution is 2.33. The average molecular weight is 265 g/mol. The van der Waals surface area contributed by atoms with Crippen LogP contribution in [0.1, 0.15) is 50.3 Å². The van der Waals surface area contributed by atoms with Crippen LogP contribution in [0.3, 0.4) is 0 Å². The molecule has 0 saturated heterocycles. The molecule has 19 heavy (non-hydrogen) atoms. The van der Waals surface area contributed by atoms with Crippen LogP contribution in [0.15, 0.2) is 12.1 Å². The molecule has 1 fully saturated rings. The van der Waals surface area contributed by atoms with Crippen LogP contribution in [0.2, 0.25) is 0 Å². The van der Waals surface area contributed by atoms with E-state index in [1.807, 2.05) is 6.07 Å². The molecule has 0 radical (unpaired) electrons. The van der Waals surface area contributed by atoms with Crippen LogP contribution in [0, 0.1) is 18.7 Å². The van der Waals surface area contributed by atoms with E-state index in [1.165, 1.54) is 25.3 Å². The van der Waals surface area contributed by atoms with E-state index in [0.717, 1.165) is 24.7 Å². The monoisotopic (exact) mass is 265 g/mol. The average Bonchev–Trinajstić information content (AvgIpc) is 2.31. The first kappa shape index (κ1) is 14.3. The van der Waals surface area contributed by atoms with Crippen molar-refractivity contribution in [2.24, 2.45) is 5.92 Å². The lowest BCUT2D eigenvalue weighted by molar-refractivity contribution is 0.199. The minimum absolute atomic E-state index is 0.237. The van der Waals surface area contributed by atoms with E-state index in [-0.39, 0.29) is 5.82 Å². The SMILES string of the molecule is CCN(CC1CCC1)c1cc(C)c(F)cc1C(C)O. The normalized spacial score (nSPS) is 17.1. The van der Waals surface area contributed by atoms with Gasteiger partial charge in [0.25, 0.3) is 0 Å². The van der Waals surface area contributed by atoms with E-state index in [4.69, 9.17) is 0 Å². The molecule has 2 nitrogen and oxygen atoms in total. The Kier molecular flexibility index (Phi) is 4.46. The zero-order valence-corrected chi connectivity index (χ0v) is 12.1. The molecule has 1 atom stereocenters. The summed E-state index contributed by atoms with van der Waals surface area (Å²) in [5.41, 5.74) is 2.33. The van der Waals surface area contributed by atoms with Gasteiger partial charge < -0.3 is 10.0 Å². The van der Waals surface area contributed by atoms with E-state index < -0.39 is 6.10 Å². The van der Waals surface area contributed by atoms with E-state index >= 15 is 0 Å². The van der Waals surface area contributed by atoms with Gasteiger partial charge >= 0.3 is 0 Å². The summed E-state index contributed by atoms with van der Waals surface area (Å²) in [4.78, 5) is 2.28. The molecule has 1 N–H and O–H groups in total. The van der Waals surface area contributed by atoms with Gasteiger partial charge in [-0.25, -0.2) is 4.39 Å². The van der Waals surface area contributed by atoms with Crippen molar-refractivity contribution < 1.29 is 9.50 Å². The van der Waals surface area contributed by atoms with Gasteiger partial charge in [0, 0.05) is 24.3 Å². The Morgan fingerprint density at radius 3 is 2.58 bits per heavy atom. The van der Waals surface area contributed by atoms with Crippen molar-refractivity contribution in [1.82, 2.24) is 0 Å². The Hall–Kier alpha value is -1.09. The Bertz CT molecular complexity index is 441. The summed E-state index contributed by atoms with van der Waals surface area (Å²) in [6.45, 7) is 7.50. The number of rotatable bonds is 5. The topological polar surface area (TPSA) is 23.5 Å². The summed E-state index contributed by atoms with van der Waals surface area (Å²) in [5, 5.41) is 9.88. The Morgan fingerprint density at radius 1 is 1.42 bits per heavy atom. The van der Waals surface area contributed by atoms with Crippen LogP contribution in [0.25, 0.3) is 0 Å². The maximum Gasteiger partial charge on any atom is 0.126 e. The smallest absolute Gasteiger partial charge is 0.126 e. The van der Waals surface area contributed by atoms with Gasteiger partial charge in [-0.2, -0.15) is 0 Å². The second-order valence-corrected chi connectivity index (χ2v) is 5.67. The standard InChI is InChI=1S/C16H24FNO/c1-4-18(10-13-6-5-7-13)16-8-11(2)15(17)9-14(16)12(3)19/h8-9,12-13,19H,4-7,10H2,1-3H3. The molecule has 0 amide bonds. The largest absolute Gasteiger partial charge is 0.389 e. The van der Waals surface area contributed by atoms with Crippen molar-refractivity contribution in [3.8, 4) is 0 Å². The number of aliphatic hydroxyl groups excluding tert-OH is 1. The van der Waals surface area contributed by atoms with Gasteiger partial charge in [-0.3, -0.25) is 0 Å². The molecule has 106 valence electrons. The van der Waals surface area contributed by atoms with Gasteiger partial charge in [-0.15, -0.1) is 0 Å². The summed E-state index contributed by atoms with van der Waals surface area (Å²) < 4.78 is 13.7. The van der Waals surface area contributed by atoms with Crippen LogP contribution in [-0.2, 0) is 0 Å². The Labute approximate surface area is 115 Å². The quantitative estimate of drug-likeness (QED) is 0.875. The molecular formula is C16H24FNO. The van der Waals surface area contributed by atoms with Gasteiger partial charge in [0.15, 0.2) is 0 Å². The number of aryl methyl sites for hydroxylation is 1. The van der Waals surface area contributed by atoms with Gasteiger partial charge in [0.05, 0.1) is 6.10 Å². The predicted octanol–water partition coefficient (Wildman–Crippen LogP) is 3.81. The molecular weight excluding hydrogens is 241 g/mol. The van der Waals surface area contributed by atoms with Crippen LogP contribution >= 0.6 is 0 Å². The van der Waals surface area contributed by atoms with Gasteiger partial charge in [0.2, 0.25) is 0 Å². The highest BCUT2D eigenvalue weighted by molar-refractivity contribution is 5.56. The molecule has 1 saturated carbocycles. The molecule has 1 unspecified atom stereocenters. The summed E-state index contributed by atoms with van der Waals surface area (Å²) in [6.07, 6.45) is 3.27. The predicted molar refractivity (Wildman–Crippen MR) is 77.0 cm³/mol. The Balaban J connectivity index is 2.31. The van der Waals surface area contributed by atoms with E-state index in [2.05, 4.69) is 11.8 Å². The minimum Gasteiger partial charge on any atom is -0.389 e. The van der Waals surface area contributed by atoms with Crippen LogP contribution < -0.4 is 4.90 Å². The van der Waals surface area contributed by atoms with E-state index in [1.54, 1.807) is 13.8 Å². The molecule has 1 aliphatic carbocycles. The highest BCUT2D eigenvalue weighted by atomic mass is 19.1. The third kappa shape index (κ3) is 3.08. The minimum atomic E-state index is -0.638. The Morgan fingerprint density at radius 2 is 2.11 bits per heavy atom. The second kappa shape index (κ2) is 5.91. The molecule has 2 rings (SSSR count). The van der Waals surface area contributed by atoms with Gasteiger partial charge in [-0.1, -0.05) is 6.42 Å². The first-order valence-electron chi connectivity index (χ1n) is 7.26. The lowest BCUT2D eigenvalue weighted by Gasteiger charge is -2.34.